The van der Waals surface area contributed by atoms with Crippen LogP contribution in [0.2, 0.25) is 0 Å². The molecule has 0 N–H and O–H groups in total. The van der Waals surface area contributed by atoms with E-state index < -0.39 is 0 Å². The van der Waals surface area contributed by atoms with E-state index in [0.29, 0.717) is 17.8 Å². The normalized spacial score (nSPS) is 19.8. The van der Waals surface area contributed by atoms with Gasteiger partial charge in [-0.2, -0.15) is 5.10 Å². The van der Waals surface area contributed by atoms with Crippen LogP contribution in [0.15, 0.2) is 34.3 Å². The zero-order valence-electron chi connectivity index (χ0n) is 13.9. The predicted octanol–water partition coefficient (Wildman–Crippen LogP) is 3.53. The molecule has 1 aliphatic heterocycles. The molecule has 0 radical (unpaired) electrons. The van der Waals surface area contributed by atoms with Gasteiger partial charge in [-0.3, -0.25) is 9.58 Å². The average molecular weight is 343 g/mol. The Kier molecular flexibility index (Phi) is 4.20. The lowest BCUT2D eigenvalue weighted by Crippen LogP contribution is -2.35. The van der Waals surface area contributed by atoms with Gasteiger partial charge in [-0.1, -0.05) is 6.07 Å². The van der Waals surface area contributed by atoms with Gasteiger partial charge in [0.2, 0.25) is 5.89 Å². The molecule has 0 bridgehead atoms. The summed E-state index contributed by atoms with van der Waals surface area (Å²) in [7, 11) is 0. The van der Waals surface area contributed by atoms with Crippen molar-refractivity contribution in [3.8, 4) is 10.8 Å². The lowest BCUT2D eigenvalue weighted by atomic mass is 10.2. The maximum Gasteiger partial charge on any atom is 0.257 e. The number of thiophene rings is 1. The lowest BCUT2D eigenvalue weighted by molar-refractivity contribution is 0.152. The summed E-state index contributed by atoms with van der Waals surface area (Å²) in [5.41, 5.74) is 1.20. The van der Waals surface area contributed by atoms with E-state index in [2.05, 4.69) is 40.2 Å². The maximum atomic E-state index is 5.93. The summed E-state index contributed by atoms with van der Waals surface area (Å²) < 4.78 is 7.97. The van der Waals surface area contributed by atoms with Crippen molar-refractivity contribution in [2.75, 3.05) is 6.54 Å². The topological polar surface area (TPSA) is 60.0 Å². The summed E-state index contributed by atoms with van der Waals surface area (Å²) >= 11 is 1.62. The van der Waals surface area contributed by atoms with E-state index in [4.69, 9.17) is 4.42 Å². The van der Waals surface area contributed by atoms with E-state index in [0.717, 1.165) is 18.0 Å². The van der Waals surface area contributed by atoms with Crippen LogP contribution in [0, 0.1) is 6.92 Å². The number of nitrogens with zero attached hydrogens (tertiary/aromatic N) is 5. The minimum Gasteiger partial charge on any atom is -0.418 e. The summed E-state index contributed by atoms with van der Waals surface area (Å²) in [6, 6.07) is 4.58. The number of aryl methyl sites for hydroxylation is 1. The molecule has 1 saturated heterocycles. The van der Waals surface area contributed by atoms with Crippen molar-refractivity contribution < 1.29 is 4.42 Å². The van der Waals surface area contributed by atoms with Crippen LogP contribution >= 0.6 is 11.3 Å². The Hall–Kier alpha value is -1.99. The molecular formula is C17H21N5OS. The Balaban J connectivity index is 1.49. The van der Waals surface area contributed by atoms with Crippen molar-refractivity contribution in [3.05, 3.63) is 41.4 Å². The summed E-state index contributed by atoms with van der Waals surface area (Å²) in [6.07, 6.45) is 6.38. The van der Waals surface area contributed by atoms with Gasteiger partial charge < -0.3 is 4.42 Å². The zero-order valence-corrected chi connectivity index (χ0v) is 14.7. The molecule has 4 heterocycles. The third kappa shape index (κ3) is 3.01. The van der Waals surface area contributed by atoms with Gasteiger partial charge in [-0.25, -0.2) is 0 Å². The Morgan fingerprint density at radius 2 is 2.33 bits per heavy atom. The van der Waals surface area contributed by atoms with Gasteiger partial charge in [0.15, 0.2) is 0 Å². The van der Waals surface area contributed by atoms with Crippen molar-refractivity contribution in [1.82, 2.24) is 24.9 Å². The smallest absolute Gasteiger partial charge is 0.257 e. The van der Waals surface area contributed by atoms with Gasteiger partial charge in [0, 0.05) is 12.2 Å². The number of rotatable bonds is 5. The van der Waals surface area contributed by atoms with Crippen LogP contribution in [0.5, 0.6) is 0 Å². The average Bonchev–Trinajstić information content (AvgIpc) is 3.35. The van der Waals surface area contributed by atoms with Crippen LogP contribution in [0.25, 0.3) is 10.8 Å². The number of hydrogen-bond acceptors (Lipinski definition) is 6. The van der Waals surface area contributed by atoms with Crippen molar-refractivity contribution in [2.45, 2.75) is 45.3 Å². The van der Waals surface area contributed by atoms with Gasteiger partial charge in [0.25, 0.3) is 5.89 Å². The largest absolute Gasteiger partial charge is 0.418 e. The quantitative estimate of drug-likeness (QED) is 0.709. The Morgan fingerprint density at radius 3 is 3.08 bits per heavy atom. The highest BCUT2D eigenvalue weighted by Crippen LogP contribution is 2.31. The molecule has 3 aromatic heterocycles. The van der Waals surface area contributed by atoms with Crippen LogP contribution in [0.3, 0.4) is 0 Å². The molecule has 0 saturated carbocycles. The van der Waals surface area contributed by atoms with Gasteiger partial charge in [-0.15, -0.1) is 21.5 Å². The minimum absolute atomic E-state index is 0.121. The first kappa shape index (κ1) is 15.5. The van der Waals surface area contributed by atoms with Crippen LogP contribution < -0.4 is 0 Å². The van der Waals surface area contributed by atoms with Gasteiger partial charge in [-0.05, 0) is 50.2 Å². The van der Waals surface area contributed by atoms with E-state index >= 15 is 0 Å². The molecule has 0 unspecified atom stereocenters. The lowest BCUT2D eigenvalue weighted by Gasteiger charge is -2.28. The molecule has 0 aromatic carbocycles. The molecule has 6 nitrogen and oxygen atoms in total. The van der Waals surface area contributed by atoms with Gasteiger partial charge in [0.1, 0.15) is 0 Å². The van der Waals surface area contributed by atoms with E-state index in [1.807, 2.05) is 28.4 Å². The summed E-state index contributed by atoms with van der Waals surface area (Å²) in [5, 5.41) is 14.9. The second kappa shape index (κ2) is 6.49. The predicted molar refractivity (Wildman–Crippen MR) is 92.7 cm³/mol. The van der Waals surface area contributed by atoms with E-state index in [1.165, 1.54) is 18.4 Å². The standard InChI is InChI=1S/C17H21N5OS/c1-12-9-18-21(10-12)11-14-5-3-7-22(14)13(2)16-19-20-17(23-16)15-6-4-8-24-15/h4,6,8-10,13-14H,3,5,7,11H2,1-2H3/t13-,14-/m1/s1. The molecule has 3 aromatic rings. The zero-order chi connectivity index (χ0) is 16.5. The molecule has 24 heavy (non-hydrogen) atoms. The first-order valence-corrected chi connectivity index (χ1v) is 9.21. The van der Waals surface area contributed by atoms with E-state index in [9.17, 15) is 0 Å². The van der Waals surface area contributed by atoms with Crippen molar-refractivity contribution >= 4 is 11.3 Å². The van der Waals surface area contributed by atoms with E-state index in [1.54, 1.807) is 11.3 Å². The molecule has 1 aliphatic rings. The maximum absolute atomic E-state index is 5.93. The molecule has 0 spiro atoms. The Morgan fingerprint density at radius 1 is 1.42 bits per heavy atom. The molecular weight excluding hydrogens is 322 g/mol. The molecule has 4 rings (SSSR count). The van der Waals surface area contributed by atoms with Crippen LogP contribution in [-0.2, 0) is 6.54 Å². The summed E-state index contributed by atoms with van der Waals surface area (Å²) in [4.78, 5) is 3.48. The Labute approximate surface area is 145 Å². The van der Waals surface area contributed by atoms with Crippen molar-refractivity contribution in [1.29, 1.82) is 0 Å². The second-order valence-corrected chi connectivity index (χ2v) is 7.32. The highest BCUT2D eigenvalue weighted by molar-refractivity contribution is 7.13. The fourth-order valence-electron chi connectivity index (χ4n) is 3.39. The first-order chi connectivity index (χ1) is 11.7. The number of hydrogen-bond donors (Lipinski definition) is 0. The first-order valence-electron chi connectivity index (χ1n) is 8.33. The molecule has 126 valence electrons. The third-order valence-electron chi connectivity index (χ3n) is 4.61. The summed E-state index contributed by atoms with van der Waals surface area (Å²) in [6.45, 7) is 6.19. The molecule has 0 amide bonds. The number of likely N-dealkylation sites (tertiary alicyclic amines) is 1. The molecule has 7 heteroatoms. The second-order valence-electron chi connectivity index (χ2n) is 6.37. The van der Waals surface area contributed by atoms with Crippen LogP contribution in [-0.4, -0.2) is 37.5 Å². The van der Waals surface area contributed by atoms with Gasteiger partial charge in [0.05, 0.1) is 23.7 Å². The SMILES string of the molecule is Cc1cnn(C[C@H]2CCCN2[C@H](C)c2nnc(-c3cccs3)o2)c1. The van der Waals surface area contributed by atoms with Crippen molar-refractivity contribution in [2.24, 2.45) is 0 Å². The van der Waals surface area contributed by atoms with E-state index in [-0.39, 0.29) is 6.04 Å². The highest BCUT2D eigenvalue weighted by atomic mass is 32.1. The van der Waals surface area contributed by atoms with Crippen LogP contribution in [0.1, 0.15) is 37.3 Å². The minimum atomic E-state index is 0.121. The molecule has 0 aliphatic carbocycles. The van der Waals surface area contributed by atoms with Crippen LogP contribution in [0.4, 0.5) is 0 Å². The highest BCUT2D eigenvalue weighted by Gasteiger charge is 2.32. The molecule has 2 atom stereocenters. The number of aromatic nitrogens is 4. The fourth-order valence-corrected chi connectivity index (χ4v) is 4.04. The fraction of sp³-hybridized carbons (Fsp3) is 0.471. The molecule has 1 fully saturated rings. The third-order valence-corrected chi connectivity index (χ3v) is 5.47. The monoisotopic (exact) mass is 343 g/mol. The Bertz CT molecular complexity index is 794. The van der Waals surface area contributed by atoms with Gasteiger partial charge >= 0.3 is 0 Å². The van der Waals surface area contributed by atoms with Crippen molar-refractivity contribution in [3.63, 3.8) is 0 Å². The summed E-state index contributed by atoms with van der Waals surface area (Å²) in [5.74, 6) is 1.31.